The van der Waals surface area contributed by atoms with E-state index in [9.17, 15) is 9.18 Å². The number of nitrogens with zero attached hydrogens (tertiary/aromatic N) is 3. The third kappa shape index (κ3) is 3.91. The van der Waals surface area contributed by atoms with E-state index >= 15 is 0 Å². The highest BCUT2D eigenvalue weighted by Crippen LogP contribution is 2.31. The zero-order valence-corrected chi connectivity index (χ0v) is 17.0. The van der Waals surface area contributed by atoms with Crippen molar-refractivity contribution in [1.29, 1.82) is 0 Å². The van der Waals surface area contributed by atoms with Gasteiger partial charge in [0, 0.05) is 29.8 Å². The Hall–Kier alpha value is -3.60. The number of hydrogen-bond acceptors (Lipinski definition) is 3. The topological polar surface area (TPSA) is 46.1 Å². The molecule has 0 atom stereocenters. The summed E-state index contributed by atoms with van der Waals surface area (Å²) in [6.07, 6.45) is -0.00790. The summed E-state index contributed by atoms with van der Waals surface area (Å²) in [6, 6.07) is 25.4. The maximum absolute atomic E-state index is 13.5. The van der Waals surface area contributed by atoms with Crippen LogP contribution in [0.15, 0.2) is 78.9 Å². The van der Waals surface area contributed by atoms with E-state index in [1.807, 2.05) is 66.7 Å². The van der Waals surface area contributed by atoms with Crippen molar-refractivity contribution in [3.05, 3.63) is 84.4 Å². The van der Waals surface area contributed by atoms with Crippen LogP contribution < -0.4 is 0 Å². The molecule has 1 fully saturated rings. The number of hydrogen-bond donors (Lipinski definition) is 0. The van der Waals surface area contributed by atoms with Gasteiger partial charge in [-0.05, 0) is 31.0 Å². The largest absolute Gasteiger partial charge is 0.338 e. The van der Waals surface area contributed by atoms with E-state index in [1.54, 1.807) is 17.0 Å². The normalized spacial score (nSPS) is 14.7. The van der Waals surface area contributed by atoms with Crippen LogP contribution in [-0.2, 0) is 0 Å². The van der Waals surface area contributed by atoms with Crippen molar-refractivity contribution in [3.8, 4) is 22.5 Å². The van der Waals surface area contributed by atoms with Crippen LogP contribution in [0.5, 0.6) is 0 Å². The molecular weight excluding hydrogens is 389 g/mol. The molecule has 0 unspecified atom stereocenters. The molecule has 154 valence electrons. The van der Waals surface area contributed by atoms with Crippen LogP contribution in [0.25, 0.3) is 33.5 Å². The summed E-state index contributed by atoms with van der Waals surface area (Å²) in [6.45, 7) is 0.901. The maximum Gasteiger partial charge on any atom is 0.253 e. The van der Waals surface area contributed by atoms with Crippen molar-refractivity contribution in [3.63, 3.8) is 0 Å². The SMILES string of the molecule is O=C(c1ccc2nc(-c3ccccc3)c(-c3ccccc3)nc2c1)N1CCC(F)CC1. The van der Waals surface area contributed by atoms with E-state index in [4.69, 9.17) is 9.97 Å². The highest BCUT2D eigenvalue weighted by Gasteiger charge is 2.24. The smallest absolute Gasteiger partial charge is 0.253 e. The van der Waals surface area contributed by atoms with Crippen molar-refractivity contribution in [2.75, 3.05) is 13.1 Å². The molecule has 5 rings (SSSR count). The molecule has 5 heteroatoms. The molecule has 0 bridgehead atoms. The molecule has 1 saturated heterocycles. The number of amides is 1. The second kappa shape index (κ2) is 8.26. The van der Waals surface area contributed by atoms with Gasteiger partial charge < -0.3 is 4.90 Å². The molecule has 0 saturated carbocycles. The van der Waals surface area contributed by atoms with Gasteiger partial charge in [-0.15, -0.1) is 0 Å². The van der Waals surface area contributed by atoms with Gasteiger partial charge >= 0.3 is 0 Å². The molecule has 4 nitrogen and oxygen atoms in total. The lowest BCUT2D eigenvalue weighted by Gasteiger charge is -2.28. The van der Waals surface area contributed by atoms with Crippen molar-refractivity contribution in [2.45, 2.75) is 19.0 Å². The van der Waals surface area contributed by atoms with E-state index in [2.05, 4.69) is 0 Å². The molecule has 1 amide bonds. The number of rotatable bonds is 3. The number of piperidine rings is 1. The third-order valence-electron chi connectivity index (χ3n) is 5.72. The lowest BCUT2D eigenvalue weighted by molar-refractivity contribution is 0.0667. The average molecular weight is 411 g/mol. The second-order valence-electron chi connectivity index (χ2n) is 7.82. The lowest BCUT2D eigenvalue weighted by Crippen LogP contribution is -2.39. The molecule has 3 aromatic carbocycles. The Morgan fingerprint density at radius 2 is 1.32 bits per heavy atom. The van der Waals surface area contributed by atoms with Gasteiger partial charge in [-0.25, -0.2) is 14.4 Å². The van der Waals surface area contributed by atoms with E-state index < -0.39 is 6.17 Å². The summed E-state index contributed by atoms with van der Waals surface area (Å²) in [7, 11) is 0. The number of carbonyl (C=O) groups is 1. The van der Waals surface area contributed by atoms with Crippen molar-refractivity contribution >= 4 is 16.9 Å². The average Bonchev–Trinajstić information content (AvgIpc) is 2.84. The molecule has 1 aliphatic rings. The summed E-state index contributed by atoms with van der Waals surface area (Å²) in [5.41, 5.74) is 5.51. The van der Waals surface area contributed by atoms with Gasteiger partial charge in [-0.3, -0.25) is 4.79 Å². The van der Waals surface area contributed by atoms with Gasteiger partial charge in [-0.1, -0.05) is 60.7 Å². The fraction of sp³-hybridized carbons (Fsp3) is 0.192. The number of halogens is 1. The van der Waals surface area contributed by atoms with Crippen LogP contribution in [0.2, 0.25) is 0 Å². The number of likely N-dealkylation sites (tertiary alicyclic amines) is 1. The van der Waals surface area contributed by atoms with Gasteiger partial charge in [0.15, 0.2) is 0 Å². The minimum absolute atomic E-state index is 0.0796. The quantitative estimate of drug-likeness (QED) is 0.445. The molecule has 2 heterocycles. The summed E-state index contributed by atoms with van der Waals surface area (Å²) in [4.78, 5) is 24.5. The number of benzene rings is 3. The first-order chi connectivity index (χ1) is 15.2. The van der Waals surface area contributed by atoms with E-state index in [0.29, 0.717) is 37.0 Å². The minimum atomic E-state index is -0.809. The second-order valence-corrected chi connectivity index (χ2v) is 7.82. The Labute approximate surface area is 180 Å². The zero-order chi connectivity index (χ0) is 21.2. The van der Waals surface area contributed by atoms with E-state index in [1.165, 1.54) is 0 Å². The molecule has 31 heavy (non-hydrogen) atoms. The van der Waals surface area contributed by atoms with Gasteiger partial charge in [0.2, 0.25) is 0 Å². The van der Waals surface area contributed by atoms with Crippen molar-refractivity contribution in [2.24, 2.45) is 0 Å². The number of fused-ring (bicyclic) bond motifs is 1. The molecule has 1 aliphatic heterocycles. The first-order valence-electron chi connectivity index (χ1n) is 10.5. The summed E-state index contributed by atoms with van der Waals surface area (Å²) in [5, 5.41) is 0. The zero-order valence-electron chi connectivity index (χ0n) is 17.0. The number of carbonyl (C=O) groups excluding carboxylic acids is 1. The Morgan fingerprint density at radius 3 is 1.90 bits per heavy atom. The molecule has 0 aliphatic carbocycles. The van der Waals surface area contributed by atoms with Crippen LogP contribution in [0.4, 0.5) is 4.39 Å². The molecule has 0 N–H and O–H groups in total. The van der Waals surface area contributed by atoms with Gasteiger partial charge in [-0.2, -0.15) is 0 Å². The monoisotopic (exact) mass is 411 g/mol. The fourth-order valence-corrected chi connectivity index (χ4v) is 4.02. The molecule has 4 aromatic rings. The first kappa shape index (κ1) is 19.4. The highest BCUT2D eigenvalue weighted by atomic mass is 19.1. The van der Waals surface area contributed by atoms with Crippen molar-refractivity contribution < 1.29 is 9.18 Å². The Morgan fingerprint density at radius 1 is 0.774 bits per heavy atom. The van der Waals surface area contributed by atoms with Crippen LogP contribution in [0, 0.1) is 0 Å². The number of alkyl halides is 1. The Bertz CT molecular complexity index is 1220. The van der Waals surface area contributed by atoms with E-state index in [0.717, 1.165) is 28.0 Å². The Kier molecular flexibility index (Phi) is 5.16. The van der Waals surface area contributed by atoms with Crippen LogP contribution >= 0.6 is 0 Å². The Balaban J connectivity index is 1.60. The van der Waals surface area contributed by atoms with Gasteiger partial charge in [0.05, 0.1) is 22.4 Å². The van der Waals surface area contributed by atoms with Crippen LogP contribution in [0.3, 0.4) is 0 Å². The van der Waals surface area contributed by atoms with E-state index in [-0.39, 0.29) is 5.91 Å². The highest BCUT2D eigenvalue weighted by molar-refractivity contribution is 5.98. The van der Waals surface area contributed by atoms with Gasteiger partial charge in [0.1, 0.15) is 6.17 Å². The molecule has 0 spiro atoms. The van der Waals surface area contributed by atoms with Crippen LogP contribution in [0.1, 0.15) is 23.2 Å². The van der Waals surface area contributed by atoms with Crippen LogP contribution in [-0.4, -0.2) is 40.0 Å². The summed E-state index contributed by atoms with van der Waals surface area (Å²) < 4.78 is 13.5. The predicted octanol–water partition coefficient (Wildman–Crippen LogP) is 5.54. The fourth-order valence-electron chi connectivity index (χ4n) is 4.02. The maximum atomic E-state index is 13.5. The predicted molar refractivity (Wildman–Crippen MR) is 120 cm³/mol. The molecule has 1 aromatic heterocycles. The molecular formula is C26H22FN3O. The number of aromatic nitrogens is 2. The summed E-state index contributed by atoms with van der Waals surface area (Å²) in [5.74, 6) is -0.0796. The van der Waals surface area contributed by atoms with Crippen molar-refractivity contribution in [1.82, 2.24) is 14.9 Å². The summed E-state index contributed by atoms with van der Waals surface area (Å²) >= 11 is 0. The standard InChI is InChI=1S/C26H22FN3O/c27-21-13-15-30(16-14-21)26(31)20-11-12-22-23(17-20)29-25(19-9-5-2-6-10-19)24(28-22)18-7-3-1-4-8-18/h1-12,17,21H,13-16H2. The third-order valence-corrected chi connectivity index (χ3v) is 5.72. The lowest BCUT2D eigenvalue weighted by atomic mass is 10.0. The first-order valence-corrected chi connectivity index (χ1v) is 10.5. The molecule has 0 radical (unpaired) electrons. The van der Waals surface area contributed by atoms with Gasteiger partial charge in [0.25, 0.3) is 5.91 Å². The minimum Gasteiger partial charge on any atom is -0.338 e.